The Bertz CT molecular complexity index is 1150. The first-order chi connectivity index (χ1) is 15.1. The number of nitrogens with zero attached hydrogens (tertiary/aromatic N) is 2. The van der Waals surface area contributed by atoms with Crippen LogP contribution in [0.25, 0.3) is 22.3 Å². The van der Waals surface area contributed by atoms with Crippen LogP contribution in [0.4, 0.5) is 11.5 Å². The van der Waals surface area contributed by atoms with Gasteiger partial charge in [0.2, 0.25) is 5.91 Å². The number of unbranched alkanes of at least 4 members (excludes halogenated alkanes) is 1. The Labute approximate surface area is 182 Å². The summed E-state index contributed by atoms with van der Waals surface area (Å²) in [7, 11) is 0. The molecular formula is C25H27N5O. The van der Waals surface area contributed by atoms with Crippen molar-refractivity contribution in [3.63, 3.8) is 0 Å². The molecule has 2 aromatic carbocycles. The van der Waals surface area contributed by atoms with Crippen molar-refractivity contribution in [3.8, 4) is 11.3 Å². The van der Waals surface area contributed by atoms with Crippen LogP contribution < -0.4 is 10.6 Å². The van der Waals surface area contributed by atoms with Crippen molar-refractivity contribution in [1.82, 2.24) is 15.0 Å². The SMILES string of the molecule is CCCCC(=O)Nc1ccc(-c2cc3c(NC(C)c4ccccc4)ncnc3[nH]2)cc1. The first-order valence-corrected chi connectivity index (χ1v) is 10.7. The summed E-state index contributed by atoms with van der Waals surface area (Å²) < 4.78 is 0. The Morgan fingerprint density at radius 2 is 1.84 bits per heavy atom. The van der Waals surface area contributed by atoms with Crippen molar-refractivity contribution in [2.24, 2.45) is 0 Å². The first kappa shape index (κ1) is 20.6. The van der Waals surface area contributed by atoms with Crippen molar-refractivity contribution in [2.75, 3.05) is 10.6 Å². The molecule has 0 radical (unpaired) electrons. The molecule has 4 rings (SSSR count). The fourth-order valence-corrected chi connectivity index (χ4v) is 3.53. The van der Waals surface area contributed by atoms with Gasteiger partial charge < -0.3 is 15.6 Å². The number of nitrogens with one attached hydrogen (secondary N) is 3. The van der Waals surface area contributed by atoms with E-state index >= 15 is 0 Å². The predicted molar refractivity (Wildman–Crippen MR) is 126 cm³/mol. The van der Waals surface area contributed by atoms with Crippen molar-refractivity contribution < 1.29 is 4.79 Å². The van der Waals surface area contributed by atoms with Crippen LogP contribution >= 0.6 is 0 Å². The predicted octanol–water partition coefficient (Wildman–Crippen LogP) is 5.93. The minimum Gasteiger partial charge on any atom is -0.363 e. The number of rotatable bonds is 8. The van der Waals surface area contributed by atoms with E-state index < -0.39 is 0 Å². The van der Waals surface area contributed by atoms with Gasteiger partial charge in [-0.1, -0.05) is 55.8 Å². The Hall–Kier alpha value is -3.67. The van der Waals surface area contributed by atoms with Crippen molar-refractivity contribution >= 4 is 28.4 Å². The van der Waals surface area contributed by atoms with Gasteiger partial charge in [-0.3, -0.25) is 4.79 Å². The molecule has 0 saturated carbocycles. The van der Waals surface area contributed by atoms with E-state index in [1.807, 2.05) is 42.5 Å². The summed E-state index contributed by atoms with van der Waals surface area (Å²) in [4.78, 5) is 24.2. The quantitative estimate of drug-likeness (QED) is 0.334. The van der Waals surface area contributed by atoms with E-state index in [0.717, 1.165) is 46.6 Å². The molecule has 1 unspecified atom stereocenters. The van der Waals surface area contributed by atoms with E-state index in [9.17, 15) is 4.79 Å². The van der Waals surface area contributed by atoms with E-state index in [1.165, 1.54) is 5.56 Å². The standard InChI is InChI=1S/C25H27N5O/c1-3-4-10-23(31)29-20-13-11-19(12-14-20)22-15-21-24(26-16-27-25(21)30-22)28-17(2)18-8-6-5-7-9-18/h5-9,11-17H,3-4,10H2,1-2H3,(H,29,31)(H2,26,27,28,30). The number of hydrogen-bond donors (Lipinski definition) is 3. The number of amides is 1. The third-order valence-electron chi connectivity index (χ3n) is 5.32. The van der Waals surface area contributed by atoms with Crippen LogP contribution in [0.5, 0.6) is 0 Å². The minimum atomic E-state index is 0.0544. The molecule has 0 aliphatic rings. The number of fused-ring (bicyclic) bond motifs is 1. The molecule has 6 nitrogen and oxygen atoms in total. The molecule has 0 bridgehead atoms. The van der Waals surface area contributed by atoms with E-state index in [2.05, 4.69) is 57.6 Å². The molecular weight excluding hydrogens is 386 g/mol. The Morgan fingerprint density at radius 3 is 2.58 bits per heavy atom. The number of aromatic amines is 1. The molecule has 158 valence electrons. The third-order valence-corrected chi connectivity index (χ3v) is 5.32. The second kappa shape index (κ2) is 9.43. The highest BCUT2D eigenvalue weighted by atomic mass is 16.1. The van der Waals surface area contributed by atoms with Gasteiger partial charge >= 0.3 is 0 Å². The summed E-state index contributed by atoms with van der Waals surface area (Å²) >= 11 is 0. The summed E-state index contributed by atoms with van der Waals surface area (Å²) in [6.45, 7) is 4.19. The number of H-pyrrole nitrogens is 1. The van der Waals surface area contributed by atoms with Crippen LogP contribution in [-0.2, 0) is 4.79 Å². The lowest BCUT2D eigenvalue weighted by Crippen LogP contribution is -2.10. The van der Waals surface area contributed by atoms with Gasteiger partial charge in [0, 0.05) is 23.8 Å². The van der Waals surface area contributed by atoms with Crippen molar-refractivity contribution in [2.45, 2.75) is 39.2 Å². The number of carbonyl (C=O) groups is 1. The zero-order chi connectivity index (χ0) is 21.6. The monoisotopic (exact) mass is 413 g/mol. The van der Waals surface area contributed by atoms with Crippen LogP contribution in [0.3, 0.4) is 0 Å². The van der Waals surface area contributed by atoms with Gasteiger partial charge in [0.15, 0.2) is 0 Å². The Kier molecular flexibility index (Phi) is 6.26. The smallest absolute Gasteiger partial charge is 0.224 e. The average Bonchev–Trinajstić information content (AvgIpc) is 3.24. The van der Waals surface area contributed by atoms with Gasteiger partial charge in [-0.25, -0.2) is 9.97 Å². The summed E-state index contributed by atoms with van der Waals surface area (Å²) in [6, 6.07) is 20.3. The molecule has 2 heterocycles. The average molecular weight is 414 g/mol. The van der Waals surface area contributed by atoms with Crippen LogP contribution in [0.1, 0.15) is 44.7 Å². The number of hydrogen-bond acceptors (Lipinski definition) is 4. The number of anilines is 2. The molecule has 2 aromatic heterocycles. The van der Waals surface area contributed by atoms with Crippen LogP contribution in [0.2, 0.25) is 0 Å². The molecule has 4 aromatic rings. The molecule has 0 fully saturated rings. The molecule has 1 amide bonds. The maximum absolute atomic E-state index is 11.9. The zero-order valence-electron chi connectivity index (χ0n) is 17.9. The highest BCUT2D eigenvalue weighted by Crippen LogP contribution is 2.29. The lowest BCUT2D eigenvalue weighted by molar-refractivity contribution is -0.116. The van der Waals surface area contributed by atoms with Crippen molar-refractivity contribution in [3.05, 3.63) is 72.6 Å². The molecule has 1 atom stereocenters. The van der Waals surface area contributed by atoms with Gasteiger partial charge in [-0.2, -0.15) is 0 Å². The highest BCUT2D eigenvalue weighted by Gasteiger charge is 2.12. The van der Waals surface area contributed by atoms with E-state index in [-0.39, 0.29) is 11.9 Å². The number of benzene rings is 2. The van der Waals surface area contributed by atoms with E-state index in [0.29, 0.717) is 6.42 Å². The molecule has 0 saturated heterocycles. The fraction of sp³-hybridized carbons (Fsp3) is 0.240. The topological polar surface area (TPSA) is 82.7 Å². The molecule has 0 aliphatic carbocycles. The van der Waals surface area contributed by atoms with Gasteiger partial charge in [0.25, 0.3) is 0 Å². The van der Waals surface area contributed by atoms with Gasteiger partial charge in [0.1, 0.15) is 17.8 Å². The molecule has 0 aliphatic heterocycles. The third kappa shape index (κ3) is 4.91. The van der Waals surface area contributed by atoms with Crippen LogP contribution in [0, 0.1) is 0 Å². The summed E-state index contributed by atoms with van der Waals surface area (Å²) in [5.41, 5.74) is 4.76. The maximum Gasteiger partial charge on any atom is 0.224 e. The number of aromatic nitrogens is 3. The second-order valence-electron chi connectivity index (χ2n) is 7.67. The fourth-order valence-electron chi connectivity index (χ4n) is 3.53. The van der Waals surface area contributed by atoms with Crippen LogP contribution in [-0.4, -0.2) is 20.9 Å². The molecule has 3 N–H and O–H groups in total. The van der Waals surface area contributed by atoms with E-state index in [4.69, 9.17) is 0 Å². The van der Waals surface area contributed by atoms with Gasteiger partial charge in [0.05, 0.1) is 5.39 Å². The Balaban J connectivity index is 1.53. The number of carbonyl (C=O) groups excluding carboxylic acids is 1. The normalized spacial score (nSPS) is 11.9. The largest absolute Gasteiger partial charge is 0.363 e. The summed E-state index contributed by atoms with van der Waals surface area (Å²) in [5.74, 6) is 0.849. The summed E-state index contributed by atoms with van der Waals surface area (Å²) in [5, 5.41) is 7.38. The lowest BCUT2D eigenvalue weighted by Gasteiger charge is -2.15. The summed E-state index contributed by atoms with van der Waals surface area (Å²) in [6.07, 6.45) is 4.03. The van der Waals surface area contributed by atoms with Gasteiger partial charge in [-0.05, 0) is 42.7 Å². The van der Waals surface area contributed by atoms with Crippen molar-refractivity contribution in [1.29, 1.82) is 0 Å². The Morgan fingerprint density at radius 1 is 1.06 bits per heavy atom. The zero-order valence-corrected chi connectivity index (χ0v) is 17.9. The second-order valence-corrected chi connectivity index (χ2v) is 7.67. The maximum atomic E-state index is 11.9. The molecule has 31 heavy (non-hydrogen) atoms. The minimum absolute atomic E-state index is 0.0544. The molecule has 0 spiro atoms. The molecule has 6 heteroatoms. The lowest BCUT2D eigenvalue weighted by atomic mass is 10.1. The van der Waals surface area contributed by atoms with Crippen LogP contribution in [0.15, 0.2) is 67.0 Å². The first-order valence-electron chi connectivity index (χ1n) is 10.7. The van der Waals surface area contributed by atoms with Gasteiger partial charge in [-0.15, -0.1) is 0 Å². The van der Waals surface area contributed by atoms with E-state index in [1.54, 1.807) is 6.33 Å². The highest BCUT2D eigenvalue weighted by molar-refractivity contribution is 5.93.